The minimum Gasteiger partial charge on any atom is -0.463 e. The van der Waals surface area contributed by atoms with Crippen molar-refractivity contribution in [1.29, 1.82) is 0 Å². The number of allylic oxidation sites excluding steroid dienone is 2. The summed E-state index contributed by atoms with van der Waals surface area (Å²) in [7, 11) is -1.42. The van der Waals surface area contributed by atoms with E-state index in [1.807, 2.05) is 31.2 Å². The SMILES string of the molecule is CCOC(=O)/C=C\C(=C\[Si](CC)(CC)CC)c1ccccc1. The van der Waals surface area contributed by atoms with Gasteiger partial charge in [-0.3, -0.25) is 0 Å². The van der Waals surface area contributed by atoms with Gasteiger partial charge >= 0.3 is 5.97 Å². The predicted molar refractivity (Wildman–Crippen MR) is 97.4 cm³/mol. The molecule has 1 aromatic carbocycles. The number of carbonyl (C=O) groups excluding carboxylic acids is 1. The lowest BCUT2D eigenvalue weighted by Gasteiger charge is -2.25. The van der Waals surface area contributed by atoms with Crippen molar-refractivity contribution >= 4 is 19.6 Å². The average molecular weight is 317 g/mol. The normalized spacial score (nSPS) is 12.6. The number of carbonyl (C=O) groups is 1. The number of hydrogen-bond donors (Lipinski definition) is 0. The average Bonchev–Trinajstić information content (AvgIpc) is 2.57. The molecule has 0 aliphatic heterocycles. The fourth-order valence-electron chi connectivity index (χ4n) is 2.59. The lowest BCUT2D eigenvalue weighted by Crippen LogP contribution is -2.29. The van der Waals surface area contributed by atoms with Crippen LogP contribution in [0.15, 0.2) is 48.2 Å². The minimum absolute atomic E-state index is 0.277. The topological polar surface area (TPSA) is 26.3 Å². The quantitative estimate of drug-likeness (QED) is 0.284. The molecular formula is C19H28O2Si. The number of rotatable bonds is 8. The van der Waals surface area contributed by atoms with E-state index in [-0.39, 0.29) is 5.97 Å². The molecule has 0 amide bonds. The number of ether oxygens (including phenoxy) is 1. The Labute approximate surface area is 135 Å². The summed E-state index contributed by atoms with van der Waals surface area (Å²) < 4.78 is 5.00. The zero-order chi connectivity index (χ0) is 16.4. The van der Waals surface area contributed by atoms with Crippen LogP contribution in [0.1, 0.15) is 33.3 Å². The third-order valence-corrected chi connectivity index (χ3v) is 9.51. The van der Waals surface area contributed by atoms with Crippen molar-refractivity contribution in [2.24, 2.45) is 0 Å². The molecule has 0 saturated carbocycles. The fourth-order valence-corrected chi connectivity index (χ4v) is 5.63. The van der Waals surface area contributed by atoms with E-state index in [4.69, 9.17) is 4.74 Å². The van der Waals surface area contributed by atoms with Gasteiger partial charge in [-0.05, 0) is 24.1 Å². The summed E-state index contributed by atoms with van der Waals surface area (Å²) in [4.78, 5) is 11.6. The molecule has 3 heteroatoms. The van der Waals surface area contributed by atoms with Gasteiger partial charge in [0.25, 0.3) is 0 Å². The van der Waals surface area contributed by atoms with Crippen LogP contribution in [0.3, 0.4) is 0 Å². The Bertz CT molecular complexity index is 505. The Balaban J connectivity index is 3.20. The Morgan fingerprint density at radius 2 is 1.59 bits per heavy atom. The number of hydrogen-bond acceptors (Lipinski definition) is 2. The lowest BCUT2D eigenvalue weighted by molar-refractivity contribution is -0.137. The molecule has 0 unspecified atom stereocenters. The van der Waals surface area contributed by atoms with Gasteiger partial charge in [-0.25, -0.2) is 4.79 Å². The molecule has 0 N–H and O–H groups in total. The summed E-state index contributed by atoms with van der Waals surface area (Å²) in [5.74, 6) is -0.277. The second-order valence-corrected chi connectivity index (χ2v) is 10.6. The van der Waals surface area contributed by atoms with Gasteiger partial charge < -0.3 is 4.74 Å². The third kappa shape index (κ3) is 5.30. The van der Waals surface area contributed by atoms with Gasteiger partial charge in [0.15, 0.2) is 0 Å². The molecule has 0 aliphatic rings. The smallest absolute Gasteiger partial charge is 0.330 e. The molecule has 0 aromatic heterocycles. The van der Waals surface area contributed by atoms with E-state index in [0.29, 0.717) is 6.61 Å². The first-order valence-electron chi connectivity index (χ1n) is 8.23. The molecule has 0 heterocycles. The van der Waals surface area contributed by atoms with Crippen molar-refractivity contribution in [3.05, 3.63) is 53.7 Å². The lowest BCUT2D eigenvalue weighted by atomic mass is 10.1. The molecule has 0 saturated heterocycles. The van der Waals surface area contributed by atoms with Crippen molar-refractivity contribution in [3.8, 4) is 0 Å². The maximum atomic E-state index is 11.6. The van der Waals surface area contributed by atoms with Crippen molar-refractivity contribution in [1.82, 2.24) is 0 Å². The highest BCUT2D eigenvalue weighted by Gasteiger charge is 2.24. The molecule has 22 heavy (non-hydrogen) atoms. The highest BCUT2D eigenvalue weighted by atomic mass is 28.3. The summed E-state index contributed by atoms with van der Waals surface area (Å²) in [5, 5.41) is 0. The van der Waals surface area contributed by atoms with Gasteiger partial charge in [-0.2, -0.15) is 0 Å². The Morgan fingerprint density at radius 3 is 2.09 bits per heavy atom. The summed E-state index contributed by atoms with van der Waals surface area (Å²) >= 11 is 0. The van der Waals surface area contributed by atoms with E-state index in [2.05, 4.69) is 38.6 Å². The van der Waals surface area contributed by atoms with Gasteiger partial charge in [-0.1, -0.05) is 74.9 Å². The molecular weight excluding hydrogens is 288 g/mol. The van der Waals surface area contributed by atoms with Crippen LogP contribution in [-0.4, -0.2) is 20.7 Å². The predicted octanol–water partition coefficient (Wildman–Crippen LogP) is 5.24. The largest absolute Gasteiger partial charge is 0.463 e. The van der Waals surface area contributed by atoms with E-state index >= 15 is 0 Å². The van der Waals surface area contributed by atoms with Crippen LogP contribution in [0, 0.1) is 0 Å². The van der Waals surface area contributed by atoms with E-state index in [1.54, 1.807) is 6.08 Å². The van der Waals surface area contributed by atoms with Crippen molar-refractivity contribution in [2.45, 2.75) is 45.8 Å². The first-order valence-corrected chi connectivity index (χ1v) is 10.9. The highest BCUT2D eigenvalue weighted by molar-refractivity contribution is 6.85. The fraction of sp³-hybridized carbons (Fsp3) is 0.421. The van der Waals surface area contributed by atoms with Crippen LogP contribution >= 0.6 is 0 Å². The van der Waals surface area contributed by atoms with E-state index in [0.717, 1.165) is 11.1 Å². The second-order valence-electron chi connectivity index (χ2n) is 5.47. The molecule has 0 aliphatic carbocycles. The third-order valence-electron chi connectivity index (χ3n) is 4.37. The maximum absolute atomic E-state index is 11.6. The number of benzene rings is 1. The van der Waals surface area contributed by atoms with Gasteiger partial charge in [0.2, 0.25) is 0 Å². The van der Waals surface area contributed by atoms with E-state index in [1.165, 1.54) is 18.1 Å². The molecule has 2 nitrogen and oxygen atoms in total. The minimum atomic E-state index is -1.42. The van der Waals surface area contributed by atoms with Crippen molar-refractivity contribution in [2.75, 3.05) is 6.61 Å². The van der Waals surface area contributed by atoms with Crippen LogP contribution in [0.2, 0.25) is 18.1 Å². The van der Waals surface area contributed by atoms with Crippen molar-refractivity contribution < 1.29 is 9.53 Å². The summed E-state index contributed by atoms with van der Waals surface area (Å²) in [6.07, 6.45) is 3.46. The Kier molecular flexibility index (Phi) is 7.89. The molecule has 1 rings (SSSR count). The first-order chi connectivity index (χ1) is 10.6. The van der Waals surface area contributed by atoms with Crippen LogP contribution < -0.4 is 0 Å². The second kappa shape index (κ2) is 9.41. The molecule has 1 aromatic rings. The van der Waals surface area contributed by atoms with Crippen LogP contribution in [0.5, 0.6) is 0 Å². The summed E-state index contributed by atoms with van der Waals surface area (Å²) in [5.41, 5.74) is 4.76. The Hall–Kier alpha value is -1.61. The van der Waals surface area contributed by atoms with E-state index in [9.17, 15) is 4.79 Å². The molecule has 0 radical (unpaired) electrons. The molecule has 0 bridgehead atoms. The standard InChI is InChI=1S/C19H28O2Si/c1-5-21-19(20)15-14-18(17-12-10-9-11-13-17)16-22(6-2,7-3)8-4/h9-16H,5-8H2,1-4H3/b15-14-,18-16-. The summed E-state index contributed by atoms with van der Waals surface area (Å²) in [6, 6.07) is 14.0. The molecule has 0 fully saturated rings. The first kappa shape index (κ1) is 18.4. The zero-order valence-electron chi connectivity index (χ0n) is 14.3. The van der Waals surface area contributed by atoms with Crippen LogP contribution in [0.25, 0.3) is 5.57 Å². The van der Waals surface area contributed by atoms with Gasteiger partial charge in [0.1, 0.15) is 0 Å². The monoisotopic (exact) mass is 316 g/mol. The van der Waals surface area contributed by atoms with E-state index < -0.39 is 8.07 Å². The molecule has 120 valence electrons. The highest BCUT2D eigenvalue weighted by Crippen LogP contribution is 2.27. The van der Waals surface area contributed by atoms with Crippen molar-refractivity contribution in [3.63, 3.8) is 0 Å². The molecule has 0 atom stereocenters. The van der Waals surface area contributed by atoms with Gasteiger partial charge in [-0.15, -0.1) is 0 Å². The zero-order valence-corrected chi connectivity index (χ0v) is 15.3. The van der Waals surface area contributed by atoms with Gasteiger partial charge in [0, 0.05) is 6.08 Å². The van der Waals surface area contributed by atoms with Crippen LogP contribution in [0.4, 0.5) is 0 Å². The summed E-state index contributed by atoms with van der Waals surface area (Å²) in [6.45, 7) is 9.09. The van der Waals surface area contributed by atoms with Gasteiger partial charge in [0.05, 0.1) is 14.7 Å². The maximum Gasteiger partial charge on any atom is 0.330 e. The van der Waals surface area contributed by atoms with Crippen LogP contribution in [-0.2, 0) is 9.53 Å². The number of esters is 1. The Morgan fingerprint density at radius 1 is 1.00 bits per heavy atom. The molecule has 0 spiro atoms.